The highest BCUT2D eigenvalue weighted by Gasteiger charge is 2.27. The molecule has 0 saturated carbocycles. The van der Waals surface area contributed by atoms with E-state index >= 15 is 0 Å². The summed E-state index contributed by atoms with van der Waals surface area (Å²) < 4.78 is 6.72. The number of nitrogens with one attached hydrogen (secondary N) is 1. The Hall–Kier alpha value is -4.97. The number of nitriles is 1. The summed E-state index contributed by atoms with van der Waals surface area (Å²) in [5.41, 5.74) is 3.07. The van der Waals surface area contributed by atoms with Gasteiger partial charge in [-0.3, -0.25) is 9.59 Å². The van der Waals surface area contributed by atoms with Crippen LogP contribution in [0, 0.1) is 11.3 Å². The van der Waals surface area contributed by atoms with Crippen LogP contribution in [0.3, 0.4) is 0 Å². The summed E-state index contributed by atoms with van der Waals surface area (Å²) in [6, 6.07) is 25.0. The van der Waals surface area contributed by atoms with Crippen LogP contribution in [0.2, 0.25) is 0 Å². The van der Waals surface area contributed by atoms with Crippen LogP contribution in [-0.4, -0.2) is 47.0 Å². The molecule has 9 heteroatoms. The number of ether oxygens (including phenoxy) is 1. The van der Waals surface area contributed by atoms with Crippen molar-refractivity contribution in [3.63, 3.8) is 0 Å². The summed E-state index contributed by atoms with van der Waals surface area (Å²) in [5, 5.41) is 20.0. The van der Waals surface area contributed by atoms with E-state index in [0.717, 1.165) is 11.1 Å². The topological polar surface area (TPSA) is 113 Å². The number of hydrogen-bond acceptors (Lipinski definition) is 6. The Morgan fingerprint density at radius 1 is 1.05 bits per heavy atom. The number of rotatable bonds is 9. The number of methoxy groups -OCH3 is 1. The SMILES string of the molecule is COc1ccc(N(C)C(=O)[C@H](Cc2ccccc2)NC(=O)c2cn(Cc3cccc(C#N)c3)nn2)cc1. The van der Waals surface area contributed by atoms with E-state index < -0.39 is 11.9 Å². The van der Waals surface area contributed by atoms with E-state index in [0.29, 0.717) is 30.0 Å². The molecule has 3 aromatic carbocycles. The highest BCUT2D eigenvalue weighted by molar-refractivity contribution is 6.01. The minimum Gasteiger partial charge on any atom is -0.497 e. The Balaban J connectivity index is 1.51. The smallest absolute Gasteiger partial charge is 0.274 e. The summed E-state index contributed by atoms with van der Waals surface area (Å²) in [4.78, 5) is 28.1. The second-order valence-corrected chi connectivity index (χ2v) is 8.42. The molecule has 0 spiro atoms. The first-order valence-corrected chi connectivity index (χ1v) is 11.6. The number of benzene rings is 3. The molecule has 0 saturated heterocycles. The number of likely N-dealkylation sites (N-methyl/N-ethyl adjacent to an activating group) is 1. The van der Waals surface area contributed by atoms with Gasteiger partial charge < -0.3 is 15.0 Å². The highest BCUT2D eigenvalue weighted by atomic mass is 16.5. The van der Waals surface area contributed by atoms with Crippen LogP contribution in [0.15, 0.2) is 85.1 Å². The van der Waals surface area contributed by atoms with Gasteiger partial charge >= 0.3 is 0 Å². The Morgan fingerprint density at radius 2 is 1.78 bits per heavy atom. The van der Waals surface area contributed by atoms with Crippen molar-refractivity contribution >= 4 is 17.5 Å². The van der Waals surface area contributed by atoms with Gasteiger partial charge in [0.1, 0.15) is 11.8 Å². The highest BCUT2D eigenvalue weighted by Crippen LogP contribution is 2.19. The van der Waals surface area contributed by atoms with Gasteiger partial charge in [0.2, 0.25) is 5.91 Å². The van der Waals surface area contributed by atoms with Gasteiger partial charge in [-0.2, -0.15) is 5.26 Å². The molecule has 0 fully saturated rings. The minimum absolute atomic E-state index is 0.0920. The number of nitrogens with zero attached hydrogens (tertiary/aromatic N) is 5. The number of carbonyl (C=O) groups is 2. The van der Waals surface area contributed by atoms with Crippen molar-refractivity contribution in [2.75, 3.05) is 19.1 Å². The maximum Gasteiger partial charge on any atom is 0.274 e. The van der Waals surface area contributed by atoms with Crippen molar-refractivity contribution in [2.24, 2.45) is 0 Å². The normalized spacial score (nSPS) is 11.3. The lowest BCUT2D eigenvalue weighted by atomic mass is 10.0. The van der Waals surface area contributed by atoms with Crippen LogP contribution in [0.5, 0.6) is 5.75 Å². The maximum absolute atomic E-state index is 13.5. The average molecular weight is 495 g/mol. The number of aromatic nitrogens is 3. The van der Waals surface area contributed by atoms with Gasteiger partial charge in [0, 0.05) is 19.2 Å². The zero-order chi connectivity index (χ0) is 26.2. The molecule has 0 aliphatic heterocycles. The van der Waals surface area contributed by atoms with Gasteiger partial charge in [0.25, 0.3) is 5.91 Å². The standard InChI is InChI=1S/C28H26N6O3/c1-33(23-11-13-24(37-2)14-12-23)28(36)25(16-20-7-4-3-5-8-20)30-27(35)26-19-34(32-31-26)18-22-10-6-9-21(15-22)17-29/h3-15,19,25H,16,18H2,1-2H3,(H,30,35)/t25-/m0/s1. The molecule has 0 unspecified atom stereocenters. The van der Waals surface area contributed by atoms with E-state index in [-0.39, 0.29) is 11.6 Å². The molecule has 1 heterocycles. The maximum atomic E-state index is 13.5. The minimum atomic E-state index is -0.834. The largest absolute Gasteiger partial charge is 0.497 e. The van der Waals surface area contributed by atoms with E-state index in [1.54, 1.807) is 56.6 Å². The Labute approximate surface area is 214 Å². The predicted octanol–water partition coefficient (Wildman–Crippen LogP) is 3.21. The van der Waals surface area contributed by atoms with Crippen LogP contribution in [0.4, 0.5) is 5.69 Å². The molecule has 2 amide bonds. The molecule has 186 valence electrons. The summed E-state index contributed by atoms with van der Waals surface area (Å²) in [6.07, 6.45) is 1.83. The van der Waals surface area contributed by atoms with Gasteiger partial charge in [0.05, 0.1) is 31.5 Å². The molecule has 9 nitrogen and oxygen atoms in total. The van der Waals surface area contributed by atoms with Gasteiger partial charge in [-0.15, -0.1) is 5.10 Å². The second kappa shape index (κ2) is 11.6. The Bertz CT molecular complexity index is 1410. The number of carbonyl (C=O) groups excluding carboxylic acids is 2. The summed E-state index contributed by atoms with van der Waals surface area (Å²) in [6.45, 7) is 0.350. The lowest BCUT2D eigenvalue weighted by Gasteiger charge is -2.25. The summed E-state index contributed by atoms with van der Waals surface area (Å²) in [7, 11) is 3.24. The van der Waals surface area contributed by atoms with Crippen LogP contribution >= 0.6 is 0 Å². The zero-order valence-corrected chi connectivity index (χ0v) is 20.5. The fourth-order valence-electron chi connectivity index (χ4n) is 3.85. The van der Waals surface area contributed by atoms with Gasteiger partial charge in [0.15, 0.2) is 5.69 Å². The first-order chi connectivity index (χ1) is 18.0. The van der Waals surface area contributed by atoms with Crippen molar-refractivity contribution in [1.29, 1.82) is 5.26 Å². The zero-order valence-electron chi connectivity index (χ0n) is 20.5. The quantitative estimate of drug-likeness (QED) is 0.382. The van der Waals surface area contributed by atoms with Crippen molar-refractivity contribution in [3.8, 4) is 11.8 Å². The molecule has 1 aromatic heterocycles. The monoisotopic (exact) mass is 494 g/mol. The lowest BCUT2D eigenvalue weighted by Crippen LogP contribution is -2.48. The molecule has 37 heavy (non-hydrogen) atoms. The summed E-state index contributed by atoms with van der Waals surface area (Å²) >= 11 is 0. The Kier molecular flexibility index (Phi) is 7.91. The molecular weight excluding hydrogens is 468 g/mol. The third-order valence-corrected chi connectivity index (χ3v) is 5.85. The summed E-state index contributed by atoms with van der Waals surface area (Å²) in [5.74, 6) is -0.0984. The van der Waals surface area contributed by atoms with Crippen molar-refractivity contribution < 1.29 is 14.3 Å². The molecule has 1 atom stereocenters. The van der Waals surface area contributed by atoms with Gasteiger partial charge in [-0.1, -0.05) is 47.7 Å². The molecule has 1 N–H and O–H groups in total. The van der Waals surface area contributed by atoms with Crippen LogP contribution in [0.1, 0.15) is 27.2 Å². The van der Waals surface area contributed by atoms with E-state index in [4.69, 9.17) is 10.00 Å². The first kappa shape index (κ1) is 25.1. The fraction of sp³-hybridized carbons (Fsp3) is 0.179. The molecule has 0 bridgehead atoms. The molecule has 0 aliphatic rings. The van der Waals surface area contributed by atoms with Crippen molar-refractivity contribution in [2.45, 2.75) is 19.0 Å². The van der Waals surface area contributed by atoms with E-state index in [1.807, 2.05) is 36.4 Å². The van der Waals surface area contributed by atoms with E-state index in [2.05, 4.69) is 21.7 Å². The van der Waals surface area contributed by atoms with Gasteiger partial charge in [-0.25, -0.2) is 4.68 Å². The second-order valence-electron chi connectivity index (χ2n) is 8.42. The first-order valence-electron chi connectivity index (χ1n) is 11.6. The third-order valence-electron chi connectivity index (χ3n) is 5.85. The molecule has 0 radical (unpaired) electrons. The van der Waals surface area contributed by atoms with Gasteiger partial charge in [-0.05, 0) is 47.5 Å². The molecule has 4 rings (SSSR count). The Morgan fingerprint density at radius 3 is 2.49 bits per heavy atom. The average Bonchev–Trinajstić information content (AvgIpc) is 3.41. The molecule has 0 aliphatic carbocycles. The third kappa shape index (κ3) is 6.38. The predicted molar refractivity (Wildman–Crippen MR) is 138 cm³/mol. The van der Waals surface area contributed by atoms with E-state index in [1.165, 1.54) is 15.8 Å². The molecule has 4 aromatic rings. The number of hydrogen-bond donors (Lipinski definition) is 1. The van der Waals surface area contributed by atoms with Crippen molar-refractivity contribution in [1.82, 2.24) is 20.3 Å². The lowest BCUT2D eigenvalue weighted by molar-refractivity contribution is -0.120. The van der Waals surface area contributed by atoms with Crippen molar-refractivity contribution in [3.05, 3.63) is 107 Å². The van der Waals surface area contributed by atoms with Crippen LogP contribution in [-0.2, 0) is 17.8 Å². The van der Waals surface area contributed by atoms with Crippen LogP contribution in [0.25, 0.3) is 0 Å². The molecular formula is C28H26N6O3. The number of amides is 2. The van der Waals surface area contributed by atoms with Crippen LogP contribution < -0.4 is 15.0 Å². The fourth-order valence-corrected chi connectivity index (χ4v) is 3.85. The van der Waals surface area contributed by atoms with E-state index in [9.17, 15) is 9.59 Å². The number of anilines is 1.